The zero-order valence-electron chi connectivity index (χ0n) is 12.9. The Morgan fingerprint density at radius 2 is 1.92 bits per heavy atom. The van der Waals surface area contributed by atoms with Crippen molar-refractivity contribution in [2.45, 2.75) is 25.6 Å². The van der Waals surface area contributed by atoms with Gasteiger partial charge in [0, 0.05) is 12.0 Å². The van der Waals surface area contributed by atoms with E-state index in [9.17, 15) is 18.0 Å². The number of aromatic nitrogens is 2. The molecule has 0 unspecified atom stereocenters. The highest BCUT2D eigenvalue weighted by Gasteiger charge is 2.36. The molecule has 1 amide bonds. The van der Waals surface area contributed by atoms with E-state index in [-0.39, 0.29) is 29.4 Å². The standard InChI is InChI=1S/C16H14F3N3O3/c17-10-1-2-13(25-16(18)19)14(5-10)24-12-3-9(4-12)15(23)22-11-6-20-8-21-7-11/h1-2,5-9,12,16H,3-4H2,(H,22,23)/t9-,12-. The maximum Gasteiger partial charge on any atom is 0.387 e. The lowest BCUT2D eigenvalue weighted by Gasteiger charge is -2.34. The number of anilines is 1. The highest BCUT2D eigenvalue weighted by atomic mass is 19.3. The van der Waals surface area contributed by atoms with E-state index in [1.165, 1.54) is 18.7 Å². The Kier molecular flexibility index (Phi) is 5.01. The Bertz CT molecular complexity index is 740. The summed E-state index contributed by atoms with van der Waals surface area (Å²) in [4.78, 5) is 19.6. The van der Waals surface area contributed by atoms with Gasteiger partial charge in [-0.15, -0.1) is 0 Å². The van der Waals surface area contributed by atoms with E-state index in [1.807, 2.05) is 0 Å². The van der Waals surface area contributed by atoms with Crippen LogP contribution < -0.4 is 14.8 Å². The van der Waals surface area contributed by atoms with Gasteiger partial charge < -0.3 is 14.8 Å². The normalized spacial score (nSPS) is 19.2. The molecular weight excluding hydrogens is 339 g/mol. The lowest BCUT2D eigenvalue weighted by Crippen LogP contribution is -2.40. The fourth-order valence-electron chi connectivity index (χ4n) is 2.43. The van der Waals surface area contributed by atoms with Gasteiger partial charge in [0.2, 0.25) is 5.91 Å². The number of amides is 1. The summed E-state index contributed by atoms with van der Waals surface area (Å²) in [6.07, 6.45) is 4.66. The second kappa shape index (κ2) is 7.37. The van der Waals surface area contributed by atoms with Crippen molar-refractivity contribution in [3.63, 3.8) is 0 Å². The quantitative estimate of drug-likeness (QED) is 0.864. The van der Waals surface area contributed by atoms with Crippen LogP contribution in [0.15, 0.2) is 36.9 Å². The van der Waals surface area contributed by atoms with Crippen LogP contribution in [0.2, 0.25) is 0 Å². The summed E-state index contributed by atoms with van der Waals surface area (Å²) in [6.45, 7) is -3.04. The zero-order chi connectivity index (χ0) is 17.8. The van der Waals surface area contributed by atoms with E-state index in [0.717, 1.165) is 18.2 Å². The molecule has 1 heterocycles. The average Bonchev–Trinajstić information content (AvgIpc) is 2.53. The Morgan fingerprint density at radius 1 is 1.20 bits per heavy atom. The first-order valence-corrected chi connectivity index (χ1v) is 7.48. The molecule has 0 radical (unpaired) electrons. The highest BCUT2D eigenvalue weighted by molar-refractivity contribution is 5.92. The van der Waals surface area contributed by atoms with Gasteiger partial charge in [-0.25, -0.2) is 14.4 Å². The molecular formula is C16H14F3N3O3. The van der Waals surface area contributed by atoms with E-state index in [4.69, 9.17) is 4.74 Å². The predicted molar refractivity (Wildman–Crippen MR) is 80.8 cm³/mol. The lowest BCUT2D eigenvalue weighted by molar-refractivity contribution is -0.125. The van der Waals surface area contributed by atoms with Crippen LogP contribution in [0.4, 0.5) is 18.9 Å². The molecule has 0 aliphatic heterocycles. The molecule has 1 N–H and O–H groups in total. The fraction of sp³-hybridized carbons (Fsp3) is 0.312. The van der Waals surface area contributed by atoms with Crippen molar-refractivity contribution < 1.29 is 27.4 Å². The average molecular weight is 353 g/mol. The van der Waals surface area contributed by atoms with Crippen LogP contribution in [-0.2, 0) is 4.79 Å². The summed E-state index contributed by atoms with van der Waals surface area (Å²) in [7, 11) is 0. The minimum absolute atomic E-state index is 0.111. The number of carbonyl (C=O) groups excluding carboxylic acids is 1. The minimum atomic E-state index is -3.04. The van der Waals surface area contributed by atoms with E-state index in [0.29, 0.717) is 18.5 Å². The van der Waals surface area contributed by atoms with Crippen LogP contribution in [0, 0.1) is 11.7 Å². The van der Waals surface area contributed by atoms with Crippen LogP contribution in [0.3, 0.4) is 0 Å². The molecule has 0 saturated heterocycles. The fourth-order valence-corrected chi connectivity index (χ4v) is 2.43. The second-order valence-electron chi connectivity index (χ2n) is 5.49. The predicted octanol–water partition coefficient (Wildman–Crippen LogP) is 3.01. The molecule has 3 rings (SSSR count). The third kappa shape index (κ3) is 4.37. The number of ether oxygens (including phenoxy) is 2. The lowest BCUT2D eigenvalue weighted by atomic mass is 9.81. The van der Waals surface area contributed by atoms with Crippen molar-refractivity contribution in [3.05, 3.63) is 42.7 Å². The first kappa shape index (κ1) is 17.0. The molecule has 1 saturated carbocycles. The van der Waals surface area contributed by atoms with E-state index >= 15 is 0 Å². The van der Waals surface area contributed by atoms with Crippen LogP contribution in [0.25, 0.3) is 0 Å². The van der Waals surface area contributed by atoms with Gasteiger partial charge in [0.1, 0.15) is 18.2 Å². The summed E-state index contributed by atoms with van der Waals surface area (Å²) in [5.41, 5.74) is 0.481. The minimum Gasteiger partial charge on any atom is -0.486 e. The molecule has 132 valence electrons. The monoisotopic (exact) mass is 353 g/mol. The Balaban J connectivity index is 1.55. The maximum atomic E-state index is 13.3. The Hall–Kier alpha value is -2.84. The first-order chi connectivity index (χ1) is 12.0. The van der Waals surface area contributed by atoms with E-state index in [2.05, 4.69) is 20.0 Å². The highest BCUT2D eigenvalue weighted by Crippen LogP contribution is 2.36. The van der Waals surface area contributed by atoms with Crippen LogP contribution in [0.5, 0.6) is 11.5 Å². The number of rotatable bonds is 6. The smallest absolute Gasteiger partial charge is 0.387 e. The van der Waals surface area contributed by atoms with Crippen molar-refractivity contribution in [1.29, 1.82) is 0 Å². The topological polar surface area (TPSA) is 73.3 Å². The molecule has 6 nitrogen and oxygen atoms in total. The SMILES string of the molecule is O=C(Nc1cncnc1)[C@H]1C[C@H](Oc2cc(F)ccc2OC(F)F)C1. The van der Waals surface area contributed by atoms with Crippen molar-refractivity contribution in [2.75, 3.05) is 5.32 Å². The molecule has 25 heavy (non-hydrogen) atoms. The molecule has 1 aliphatic carbocycles. The van der Waals surface area contributed by atoms with Gasteiger partial charge in [0.25, 0.3) is 0 Å². The van der Waals surface area contributed by atoms with Crippen molar-refractivity contribution in [2.24, 2.45) is 5.92 Å². The molecule has 0 bridgehead atoms. The number of alkyl halides is 2. The number of hydrogen-bond donors (Lipinski definition) is 1. The summed E-state index contributed by atoms with van der Waals surface area (Å²) in [6, 6.07) is 3.06. The molecule has 1 fully saturated rings. The number of benzene rings is 1. The number of carbonyl (C=O) groups is 1. The van der Waals surface area contributed by atoms with Crippen molar-refractivity contribution in [1.82, 2.24) is 9.97 Å². The Labute approximate surface area is 141 Å². The van der Waals surface area contributed by atoms with Gasteiger partial charge in [0.15, 0.2) is 11.5 Å². The summed E-state index contributed by atoms with van der Waals surface area (Å²) in [5.74, 6) is -1.49. The molecule has 1 aromatic carbocycles. The van der Waals surface area contributed by atoms with Gasteiger partial charge >= 0.3 is 6.61 Å². The molecule has 0 atom stereocenters. The maximum absolute atomic E-state index is 13.3. The van der Waals surface area contributed by atoms with E-state index < -0.39 is 12.4 Å². The molecule has 2 aromatic rings. The van der Waals surface area contributed by atoms with Gasteiger partial charge in [-0.1, -0.05) is 0 Å². The van der Waals surface area contributed by atoms with Crippen molar-refractivity contribution >= 4 is 11.6 Å². The second-order valence-corrected chi connectivity index (χ2v) is 5.49. The summed E-state index contributed by atoms with van der Waals surface area (Å²) >= 11 is 0. The van der Waals surface area contributed by atoms with Crippen LogP contribution in [-0.4, -0.2) is 28.6 Å². The first-order valence-electron chi connectivity index (χ1n) is 7.48. The number of hydrogen-bond acceptors (Lipinski definition) is 5. The van der Waals surface area contributed by atoms with E-state index in [1.54, 1.807) is 0 Å². The third-order valence-corrected chi connectivity index (χ3v) is 3.71. The zero-order valence-corrected chi connectivity index (χ0v) is 12.9. The molecule has 9 heteroatoms. The largest absolute Gasteiger partial charge is 0.486 e. The molecule has 0 spiro atoms. The van der Waals surface area contributed by atoms with Gasteiger partial charge in [-0.05, 0) is 25.0 Å². The summed E-state index contributed by atoms with van der Waals surface area (Å²) in [5, 5.41) is 2.67. The van der Waals surface area contributed by atoms with Gasteiger partial charge in [0.05, 0.1) is 18.1 Å². The third-order valence-electron chi connectivity index (χ3n) is 3.71. The summed E-state index contributed by atoms with van der Waals surface area (Å²) < 4.78 is 47.9. The molecule has 1 aliphatic rings. The number of nitrogens with one attached hydrogen (secondary N) is 1. The number of nitrogens with zero attached hydrogens (tertiary/aromatic N) is 2. The van der Waals surface area contributed by atoms with Crippen LogP contribution >= 0.6 is 0 Å². The van der Waals surface area contributed by atoms with Crippen molar-refractivity contribution in [3.8, 4) is 11.5 Å². The Morgan fingerprint density at radius 3 is 2.60 bits per heavy atom. The van der Waals surface area contributed by atoms with Gasteiger partial charge in [-0.2, -0.15) is 8.78 Å². The number of halogens is 3. The van der Waals surface area contributed by atoms with Crippen LogP contribution in [0.1, 0.15) is 12.8 Å². The van der Waals surface area contributed by atoms with Gasteiger partial charge in [-0.3, -0.25) is 4.79 Å². The molecule has 1 aromatic heterocycles.